The maximum atomic E-state index is 13.8. The van der Waals surface area contributed by atoms with Crippen molar-refractivity contribution in [2.24, 2.45) is 0 Å². The molecule has 23 heavy (non-hydrogen) atoms. The molecule has 0 N–H and O–H groups in total. The van der Waals surface area contributed by atoms with Gasteiger partial charge in [-0.1, -0.05) is 24.3 Å². The van der Waals surface area contributed by atoms with E-state index in [4.69, 9.17) is 0 Å². The zero-order valence-electron chi connectivity index (χ0n) is 13.0. The Morgan fingerprint density at radius 1 is 1.04 bits per heavy atom. The zero-order valence-corrected chi connectivity index (χ0v) is 13.0. The van der Waals surface area contributed by atoms with Crippen LogP contribution in [0.25, 0.3) is 0 Å². The molecule has 1 saturated heterocycles. The minimum Gasteiger partial charge on any atom is -0.336 e. The fourth-order valence-electron chi connectivity index (χ4n) is 2.85. The molecule has 1 amide bonds. The summed E-state index contributed by atoms with van der Waals surface area (Å²) in [6, 6.07) is 12.2. The topological polar surface area (TPSA) is 36.4 Å². The number of aromatic nitrogens is 1. The van der Waals surface area contributed by atoms with Gasteiger partial charge in [-0.3, -0.25) is 14.7 Å². The molecule has 0 aliphatic carbocycles. The van der Waals surface area contributed by atoms with E-state index in [2.05, 4.69) is 9.88 Å². The summed E-state index contributed by atoms with van der Waals surface area (Å²) in [5.41, 5.74) is 1.19. The van der Waals surface area contributed by atoms with Crippen LogP contribution in [0.15, 0.2) is 48.7 Å². The number of benzene rings is 1. The Labute approximate surface area is 135 Å². The van der Waals surface area contributed by atoms with E-state index in [9.17, 15) is 9.18 Å². The van der Waals surface area contributed by atoms with Gasteiger partial charge in [0.1, 0.15) is 11.5 Å². The Balaban J connectivity index is 1.61. The van der Waals surface area contributed by atoms with Crippen molar-refractivity contribution in [2.75, 3.05) is 26.2 Å². The predicted molar refractivity (Wildman–Crippen MR) is 86.4 cm³/mol. The molecule has 0 spiro atoms. The molecule has 2 aromatic rings. The average molecular weight is 313 g/mol. The van der Waals surface area contributed by atoms with Crippen LogP contribution in [0, 0.1) is 5.82 Å². The van der Waals surface area contributed by atoms with Gasteiger partial charge in [0.2, 0.25) is 0 Å². The summed E-state index contributed by atoms with van der Waals surface area (Å²) in [7, 11) is 0. The van der Waals surface area contributed by atoms with Crippen molar-refractivity contribution >= 4 is 5.91 Å². The van der Waals surface area contributed by atoms with Crippen LogP contribution in [0.4, 0.5) is 4.39 Å². The van der Waals surface area contributed by atoms with E-state index in [0.29, 0.717) is 30.9 Å². The summed E-state index contributed by atoms with van der Waals surface area (Å²) in [5.74, 6) is -0.198. The van der Waals surface area contributed by atoms with Crippen LogP contribution in [0.3, 0.4) is 0 Å². The van der Waals surface area contributed by atoms with Gasteiger partial charge in [0, 0.05) is 44.5 Å². The van der Waals surface area contributed by atoms with Gasteiger partial charge in [0.05, 0.1) is 0 Å². The van der Waals surface area contributed by atoms with Crippen LogP contribution in [0.5, 0.6) is 0 Å². The van der Waals surface area contributed by atoms with Gasteiger partial charge in [-0.25, -0.2) is 4.39 Å². The lowest BCUT2D eigenvalue weighted by Gasteiger charge is -2.22. The van der Waals surface area contributed by atoms with E-state index >= 15 is 0 Å². The van der Waals surface area contributed by atoms with Crippen LogP contribution in [0.1, 0.15) is 22.5 Å². The minimum atomic E-state index is -0.168. The third-order valence-corrected chi connectivity index (χ3v) is 4.11. The molecule has 0 radical (unpaired) electrons. The number of amides is 1. The highest BCUT2D eigenvalue weighted by atomic mass is 19.1. The van der Waals surface area contributed by atoms with E-state index < -0.39 is 0 Å². The Kier molecular flexibility index (Phi) is 4.98. The summed E-state index contributed by atoms with van der Waals surface area (Å²) >= 11 is 0. The Morgan fingerprint density at radius 3 is 2.65 bits per heavy atom. The van der Waals surface area contributed by atoms with Crippen molar-refractivity contribution in [3.8, 4) is 0 Å². The summed E-state index contributed by atoms with van der Waals surface area (Å²) in [4.78, 5) is 20.6. The first-order chi connectivity index (χ1) is 11.2. The maximum Gasteiger partial charge on any atom is 0.272 e. The van der Waals surface area contributed by atoms with Gasteiger partial charge in [-0.15, -0.1) is 0 Å². The van der Waals surface area contributed by atoms with Crippen LogP contribution in [-0.2, 0) is 6.54 Å². The Morgan fingerprint density at radius 2 is 1.87 bits per heavy atom. The van der Waals surface area contributed by atoms with E-state index in [1.165, 1.54) is 6.07 Å². The highest BCUT2D eigenvalue weighted by Gasteiger charge is 2.21. The molecule has 1 aliphatic rings. The molecule has 0 saturated carbocycles. The summed E-state index contributed by atoms with van der Waals surface area (Å²) in [6.45, 7) is 3.54. The molecule has 2 heterocycles. The van der Waals surface area contributed by atoms with Crippen LogP contribution in [-0.4, -0.2) is 46.9 Å². The minimum absolute atomic E-state index is 0.0293. The monoisotopic (exact) mass is 313 g/mol. The lowest BCUT2D eigenvalue weighted by molar-refractivity contribution is 0.0755. The van der Waals surface area contributed by atoms with Crippen molar-refractivity contribution in [2.45, 2.75) is 13.0 Å². The maximum absolute atomic E-state index is 13.8. The smallest absolute Gasteiger partial charge is 0.272 e. The number of pyridine rings is 1. The molecule has 0 bridgehead atoms. The average Bonchev–Trinajstić information content (AvgIpc) is 2.83. The number of nitrogens with zero attached hydrogens (tertiary/aromatic N) is 3. The van der Waals surface area contributed by atoms with Gasteiger partial charge >= 0.3 is 0 Å². The third kappa shape index (κ3) is 3.93. The molecule has 1 aliphatic heterocycles. The van der Waals surface area contributed by atoms with E-state index in [-0.39, 0.29) is 11.7 Å². The number of carbonyl (C=O) groups is 1. The third-order valence-electron chi connectivity index (χ3n) is 4.11. The largest absolute Gasteiger partial charge is 0.336 e. The zero-order chi connectivity index (χ0) is 16.1. The Hall–Kier alpha value is -2.27. The predicted octanol–water partition coefficient (Wildman–Crippen LogP) is 2.57. The van der Waals surface area contributed by atoms with Gasteiger partial charge in [-0.2, -0.15) is 0 Å². The van der Waals surface area contributed by atoms with E-state index in [0.717, 1.165) is 19.5 Å². The second kappa shape index (κ2) is 7.33. The lowest BCUT2D eigenvalue weighted by atomic mass is 10.2. The highest BCUT2D eigenvalue weighted by Crippen LogP contribution is 2.13. The highest BCUT2D eigenvalue weighted by molar-refractivity contribution is 5.92. The van der Waals surface area contributed by atoms with Gasteiger partial charge in [0.15, 0.2) is 0 Å². The summed E-state index contributed by atoms with van der Waals surface area (Å²) in [5, 5.41) is 0. The number of carbonyl (C=O) groups excluding carboxylic acids is 1. The molecule has 120 valence electrons. The van der Waals surface area contributed by atoms with Gasteiger partial charge < -0.3 is 4.90 Å². The first kappa shape index (κ1) is 15.6. The SMILES string of the molecule is O=C(c1ccccn1)N1CCCN(Cc2ccccc2F)CC1. The van der Waals surface area contributed by atoms with Crippen molar-refractivity contribution in [3.05, 3.63) is 65.7 Å². The summed E-state index contributed by atoms with van der Waals surface area (Å²) in [6.07, 6.45) is 2.52. The molecule has 1 aromatic heterocycles. The van der Waals surface area contributed by atoms with Gasteiger partial charge in [0.25, 0.3) is 5.91 Å². The molecular weight excluding hydrogens is 293 g/mol. The standard InChI is InChI=1S/C18H20FN3O/c19-16-7-2-1-6-15(16)14-21-10-5-11-22(13-12-21)18(23)17-8-3-4-9-20-17/h1-4,6-9H,5,10-14H2. The number of rotatable bonds is 3. The van der Waals surface area contributed by atoms with Gasteiger partial charge in [-0.05, 0) is 24.6 Å². The van der Waals surface area contributed by atoms with Crippen molar-refractivity contribution in [1.82, 2.24) is 14.8 Å². The number of hydrogen-bond acceptors (Lipinski definition) is 3. The molecule has 4 nitrogen and oxygen atoms in total. The molecule has 0 atom stereocenters. The fraction of sp³-hybridized carbons (Fsp3) is 0.333. The van der Waals surface area contributed by atoms with Crippen molar-refractivity contribution in [3.63, 3.8) is 0 Å². The van der Waals surface area contributed by atoms with Crippen LogP contribution >= 0.6 is 0 Å². The first-order valence-electron chi connectivity index (χ1n) is 7.90. The Bertz CT molecular complexity index is 662. The van der Waals surface area contributed by atoms with E-state index in [1.807, 2.05) is 23.1 Å². The second-order valence-corrected chi connectivity index (χ2v) is 5.73. The van der Waals surface area contributed by atoms with Crippen LogP contribution in [0.2, 0.25) is 0 Å². The van der Waals surface area contributed by atoms with E-state index in [1.54, 1.807) is 24.4 Å². The van der Waals surface area contributed by atoms with Crippen molar-refractivity contribution < 1.29 is 9.18 Å². The molecular formula is C18H20FN3O. The molecule has 1 aromatic carbocycles. The molecule has 0 unspecified atom stereocenters. The normalized spacial score (nSPS) is 16.1. The molecule has 3 rings (SSSR count). The fourth-order valence-corrected chi connectivity index (χ4v) is 2.85. The van der Waals surface area contributed by atoms with Crippen LogP contribution < -0.4 is 0 Å². The molecule has 1 fully saturated rings. The lowest BCUT2D eigenvalue weighted by Crippen LogP contribution is -2.35. The first-order valence-corrected chi connectivity index (χ1v) is 7.90. The molecule has 5 heteroatoms. The quantitative estimate of drug-likeness (QED) is 0.874. The number of halogens is 1. The summed E-state index contributed by atoms with van der Waals surface area (Å²) < 4.78 is 13.8. The second-order valence-electron chi connectivity index (χ2n) is 5.73. The number of hydrogen-bond donors (Lipinski definition) is 0. The van der Waals surface area contributed by atoms with Crippen molar-refractivity contribution in [1.29, 1.82) is 0 Å².